The molecule has 0 bridgehead atoms. The van der Waals surface area contributed by atoms with Crippen LogP contribution >= 0.6 is 0 Å². The number of carbonyl (C=O) groups is 1. The van der Waals surface area contributed by atoms with E-state index in [0.29, 0.717) is 5.56 Å². The lowest BCUT2D eigenvalue weighted by Crippen LogP contribution is -2.61. The molecule has 0 saturated heterocycles. The lowest BCUT2D eigenvalue weighted by atomic mass is 9.79. The lowest BCUT2D eigenvalue weighted by Gasteiger charge is -2.32. The Balaban J connectivity index is 2.28. The van der Waals surface area contributed by atoms with Crippen LogP contribution in [-0.2, 0) is 4.79 Å². The molecule has 0 aliphatic heterocycles. The molecule has 0 saturated carbocycles. The number of hydrogen-bond donors (Lipinski definition) is 3. The molecule has 3 unspecified atom stereocenters. The monoisotopic (exact) mass is 289 g/mol. The summed E-state index contributed by atoms with van der Waals surface area (Å²) in [6.45, 7) is 0. The molecule has 0 aromatic heterocycles. The second-order valence-electron chi connectivity index (χ2n) is 4.82. The van der Waals surface area contributed by atoms with Crippen molar-refractivity contribution >= 4 is 5.78 Å². The van der Waals surface area contributed by atoms with Gasteiger partial charge in [0.25, 0.3) is 5.70 Å². The Kier molecular flexibility index (Phi) is 3.99. The average molecular weight is 289 g/mol. The summed E-state index contributed by atoms with van der Waals surface area (Å²) in [5.41, 5.74) is 10.2. The molecule has 7 heteroatoms. The molecule has 0 fully saturated rings. The zero-order chi connectivity index (χ0) is 15.6. The highest BCUT2D eigenvalue weighted by atomic mass is 16.6. The minimum atomic E-state index is -1.69. The van der Waals surface area contributed by atoms with Gasteiger partial charge in [0, 0.05) is 12.2 Å². The average Bonchev–Trinajstić information content (AvgIpc) is 2.49. The van der Waals surface area contributed by atoms with Gasteiger partial charge in [-0.2, -0.15) is 0 Å². The van der Waals surface area contributed by atoms with Gasteiger partial charge in [-0.1, -0.05) is 30.3 Å². The van der Waals surface area contributed by atoms with Crippen LogP contribution in [-0.4, -0.2) is 27.4 Å². The minimum absolute atomic E-state index is 0.231. The van der Waals surface area contributed by atoms with Gasteiger partial charge in [0.15, 0.2) is 5.78 Å². The summed E-state index contributed by atoms with van der Waals surface area (Å²) in [4.78, 5) is 22.5. The third kappa shape index (κ3) is 2.75. The van der Waals surface area contributed by atoms with Crippen molar-refractivity contribution in [3.63, 3.8) is 0 Å². The van der Waals surface area contributed by atoms with E-state index >= 15 is 0 Å². The summed E-state index contributed by atoms with van der Waals surface area (Å²) in [7, 11) is 0. The zero-order valence-corrected chi connectivity index (χ0v) is 11.0. The molecule has 7 nitrogen and oxygen atoms in total. The van der Waals surface area contributed by atoms with Crippen molar-refractivity contribution in [1.82, 2.24) is 0 Å². The first-order chi connectivity index (χ1) is 9.86. The van der Waals surface area contributed by atoms with Crippen molar-refractivity contribution in [3.05, 3.63) is 69.9 Å². The summed E-state index contributed by atoms with van der Waals surface area (Å²) in [6.07, 6.45) is 1.95. The van der Waals surface area contributed by atoms with Crippen LogP contribution < -0.4 is 11.5 Å². The van der Waals surface area contributed by atoms with Crippen molar-refractivity contribution in [3.8, 4) is 0 Å². The van der Waals surface area contributed by atoms with Crippen LogP contribution in [0.15, 0.2) is 54.3 Å². The van der Waals surface area contributed by atoms with Crippen LogP contribution in [0.3, 0.4) is 0 Å². The van der Waals surface area contributed by atoms with Crippen molar-refractivity contribution in [2.24, 2.45) is 11.5 Å². The quantitative estimate of drug-likeness (QED) is 0.529. The van der Waals surface area contributed by atoms with Crippen LogP contribution in [0.25, 0.3) is 0 Å². The molecular formula is C14H15N3O4. The number of nitrogens with two attached hydrogens (primary N) is 2. The number of carbonyl (C=O) groups excluding carboxylic acids is 1. The normalized spacial score (nSPS) is 26.0. The highest BCUT2D eigenvalue weighted by Crippen LogP contribution is 2.26. The number of allylic oxidation sites excluding steroid dienone is 1. The third-order valence-corrected chi connectivity index (χ3v) is 3.43. The SMILES string of the molecule is NC1C=C([N+](=O)[O-])C=CC1(N)C(=O)C(O)c1ccccc1. The Morgan fingerprint density at radius 1 is 1.38 bits per heavy atom. The predicted molar refractivity (Wildman–Crippen MR) is 75.5 cm³/mol. The molecule has 1 aromatic carbocycles. The van der Waals surface area contributed by atoms with E-state index in [-0.39, 0.29) is 5.70 Å². The topological polar surface area (TPSA) is 132 Å². The lowest BCUT2D eigenvalue weighted by molar-refractivity contribution is -0.419. The van der Waals surface area contributed by atoms with Gasteiger partial charge in [-0.25, -0.2) is 0 Å². The summed E-state index contributed by atoms with van der Waals surface area (Å²) >= 11 is 0. The number of nitro groups is 1. The molecular weight excluding hydrogens is 274 g/mol. The van der Waals surface area contributed by atoms with Crippen LogP contribution in [0.5, 0.6) is 0 Å². The van der Waals surface area contributed by atoms with Gasteiger partial charge in [0.2, 0.25) is 0 Å². The van der Waals surface area contributed by atoms with Crippen molar-refractivity contribution in [1.29, 1.82) is 0 Å². The van der Waals surface area contributed by atoms with Crippen molar-refractivity contribution < 1.29 is 14.8 Å². The number of benzene rings is 1. The molecule has 110 valence electrons. The van der Waals surface area contributed by atoms with E-state index in [1.807, 2.05) is 0 Å². The molecule has 5 N–H and O–H groups in total. The first kappa shape index (κ1) is 15.0. The van der Waals surface area contributed by atoms with Crippen LogP contribution in [0, 0.1) is 10.1 Å². The van der Waals surface area contributed by atoms with Gasteiger partial charge >= 0.3 is 0 Å². The van der Waals surface area contributed by atoms with Gasteiger partial charge in [0.1, 0.15) is 11.6 Å². The summed E-state index contributed by atoms with van der Waals surface area (Å²) in [6, 6.07) is 7.18. The highest BCUT2D eigenvalue weighted by molar-refractivity contribution is 5.96. The van der Waals surface area contributed by atoms with E-state index in [4.69, 9.17) is 11.5 Å². The van der Waals surface area contributed by atoms with Crippen molar-refractivity contribution in [2.45, 2.75) is 17.7 Å². The number of aliphatic hydroxyl groups is 1. The number of ketones is 1. The Hall–Kier alpha value is -2.35. The second kappa shape index (κ2) is 5.57. The molecule has 1 aromatic rings. The molecule has 3 atom stereocenters. The van der Waals surface area contributed by atoms with Gasteiger partial charge in [0.05, 0.1) is 11.0 Å². The van der Waals surface area contributed by atoms with Crippen LogP contribution in [0.1, 0.15) is 11.7 Å². The fourth-order valence-corrected chi connectivity index (χ4v) is 2.10. The Bertz CT molecular complexity index is 626. The van der Waals surface area contributed by atoms with E-state index < -0.39 is 28.4 Å². The summed E-state index contributed by atoms with van der Waals surface area (Å²) in [5, 5.41) is 20.8. The second-order valence-corrected chi connectivity index (χ2v) is 4.82. The van der Waals surface area contributed by atoms with Crippen LogP contribution in [0.4, 0.5) is 0 Å². The number of rotatable bonds is 4. The number of nitrogens with zero attached hydrogens (tertiary/aromatic N) is 1. The summed E-state index contributed by atoms with van der Waals surface area (Å²) in [5.74, 6) is -0.712. The van der Waals surface area contributed by atoms with Crippen molar-refractivity contribution in [2.75, 3.05) is 0 Å². The van der Waals surface area contributed by atoms with Gasteiger partial charge in [-0.15, -0.1) is 0 Å². The van der Waals surface area contributed by atoms with E-state index in [1.54, 1.807) is 30.3 Å². The third-order valence-electron chi connectivity index (χ3n) is 3.43. The molecule has 1 aliphatic carbocycles. The maximum absolute atomic E-state index is 12.4. The molecule has 1 aliphatic rings. The minimum Gasteiger partial charge on any atom is -0.380 e. The van der Waals surface area contributed by atoms with Gasteiger partial charge in [-0.3, -0.25) is 14.9 Å². The van der Waals surface area contributed by atoms with E-state index in [0.717, 1.165) is 12.2 Å². The predicted octanol–water partition coefficient (Wildman–Crippen LogP) is 0.0443. The van der Waals surface area contributed by atoms with E-state index in [2.05, 4.69) is 0 Å². The standard InChI is InChI=1S/C14H15N3O4/c15-11-8-10(17(20)21)6-7-14(11,16)13(19)12(18)9-4-2-1-3-5-9/h1-8,11-12,18H,15-16H2. The molecule has 21 heavy (non-hydrogen) atoms. The number of Topliss-reactive ketones (excluding diaryl/α,β-unsaturated/α-hetero) is 1. The Morgan fingerprint density at radius 3 is 2.52 bits per heavy atom. The first-order valence-corrected chi connectivity index (χ1v) is 6.23. The smallest absolute Gasteiger partial charge is 0.266 e. The van der Waals surface area contributed by atoms with Gasteiger partial charge in [-0.05, 0) is 11.6 Å². The molecule has 0 spiro atoms. The van der Waals surface area contributed by atoms with E-state index in [1.165, 1.54) is 6.08 Å². The zero-order valence-electron chi connectivity index (χ0n) is 11.0. The fraction of sp³-hybridized carbons (Fsp3) is 0.214. The molecule has 0 amide bonds. The van der Waals surface area contributed by atoms with Gasteiger partial charge < -0.3 is 16.6 Å². The largest absolute Gasteiger partial charge is 0.380 e. The number of aliphatic hydroxyl groups excluding tert-OH is 1. The maximum atomic E-state index is 12.4. The Morgan fingerprint density at radius 2 is 2.00 bits per heavy atom. The molecule has 0 radical (unpaired) electrons. The van der Waals surface area contributed by atoms with E-state index in [9.17, 15) is 20.0 Å². The molecule has 2 rings (SSSR count). The summed E-state index contributed by atoms with van der Waals surface area (Å²) < 4.78 is 0. The van der Waals surface area contributed by atoms with Crippen LogP contribution in [0.2, 0.25) is 0 Å². The fourth-order valence-electron chi connectivity index (χ4n) is 2.10. The first-order valence-electron chi connectivity index (χ1n) is 6.23. The maximum Gasteiger partial charge on any atom is 0.266 e. The highest BCUT2D eigenvalue weighted by Gasteiger charge is 2.43. The Labute approximate surface area is 120 Å². The number of hydrogen-bond acceptors (Lipinski definition) is 6. The molecule has 0 heterocycles.